The first-order chi connectivity index (χ1) is 13.0. The van der Waals surface area contributed by atoms with Gasteiger partial charge in [-0.2, -0.15) is 0 Å². The maximum atomic E-state index is 10.9. The highest BCUT2D eigenvalue weighted by Gasteiger charge is 2.48. The third-order valence-corrected chi connectivity index (χ3v) is 6.73. The second-order valence-corrected chi connectivity index (χ2v) is 9.58. The number of benzene rings is 1. The first-order valence-corrected chi connectivity index (χ1v) is 10.4. The summed E-state index contributed by atoms with van der Waals surface area (Å²) in [4.78, 5) is 15.7. The number of phenols is 1. The minimum absolute atomic E-state index is 0.00902. The lowest BCUT2D eigenvalue weighted by Crippen LogP contribution is -2.48. The van der Waals surface area contributed by atoms with E-state index in [1.807, 2.05) is 6.07 Å². The van der Waals surface area contributed by atoms with E-state index >= 15 is 0 Å². The van der Waals surface area contributed by atoms with Crippen molar-refractivity contribution in [3.8, 4) is 11.5 Å². The molecule has 3 atom stereocenters. The van der Waals surface area contributed by atoms with E-state index in [1.54, 1.807) is 0 Å². The summed E-state index contributed by atoms with van der Waals surface area (Å²) in [5.41, 5.74) is 1.41. The standard InChI is InChI=1S/C22H33NO5/c1-6-7-10-21(2,3)14-11-18(24)20-16-13-15(28-23(25)26)8-9-17(16)22(4,5)27-19(20)12-14/h11-12,15-17,24H,6-10,13H2,1-5H3. The van der Waals surface area contributed by atoms with Crippen molar-refractivity contribution in [2.24, 2.45) is 5.92 Å². The van der Waals surface area contributed by atoms with Gasteiger partial charge in [0, 0.05) is 11.5 Å². The minimum Gasteiger partial charge on any atom is -0.508 e. The average Bonchev–Trinajstić information content (AvgIpc) is 2.58. The number of aromatic hydroxyl groups is 1. The van der Waals surface area contributed by atoms with E-state index in [0.717, 1.165) is 36.8 Å². The largest absolute Gasteiger partial charge is 0.508 e. The summed E-state index contributed by atoms with van der Waals surface area (Å²) in [6, 6.07) is 3.94. The molecule has 1 aliphatic carbocycles. The van der Waals surface area contributed by atoms with Crippen molar-refractivity contribution in [2.75, 3.05) is 0 Å². The summed E-state index contributed by atoms with van der Waals surface area (Å²) < 4.78 is 6.39. The second kappa shape index (κ2) is 7.45. The Kier molecular flexibility index (Phi) is 5.52. The smallest absolute Gasteiger partial charge is 0.294 e. The number of rotatable bonds is 6. The van der Waals surface area contributed by atoms with Gasteiger partial charge in [0.2, 0.25) is 0 Å². The van der Waals surface area contributed by atoms with Crippen LogP contribution in [0.25, 0.3) is 0 Å². The molecule has 2 aliphatic rings. The fourth-order valence-electron chi connectivity index (χ4n) is 5.08. The van der Waals surface area contributed by atoms with Crippen LogP contribution in [0.3, 0.4) is 0 Å². The van der Waals surface area contributed by atoms with Crippen LogP contribution < -0.4 is 4.74 Å². The zero-order chi connectivity index (χ0) is 20.7. The first-order valence-electron chi connectivity index (χ1n) is 10.4. The zero-order valence-electron chi connectivity index (χ0n) is 17.7. The normalized spacial score (nSPS) is 26.0. The van der Waals surface area contributed by atoms with Gasteiger partial charge in [0.25, 0.3) is 5.09 Å². The molecule has 3 unspecified atom stereocenters. The molecule has 6 heteroatoms. The van der Waals surface area contributed by atoms with Crippen LogP contribution in [0.4, 0.5) is 0 Å². The van der Waals surface area contributed by atoms with Crippen LogP contribution in [0.1, 0.15) is 90.2 Å². The third kappa shape index (κ3) is 3.91. The number of hydrogen-bond acceptors (Lipinski definition) is 5. The predicted molar refractivity (Wildman–Crippen MR) is 107 cm³/mol. The van der Waals surface area contributed by atoms with Crippen LogP contribution in [0, 0.1) is 16.0 Å². The number of nitrogens with zero attached hydrogens (tertiary/aromatic N) is 1. The maximum Gasteiger partial charge on any atom is 0.294 e. The van der Waals surface area contributed by atoms with E-state index in [-0.39, 0.29) is 23.0 Å². The Bertz CT molecular complexity index is 743. The number of hydrogen-bond donors (Lipinski definition) is 1. The lowest BCUT2D eigenvalue weighted by molar-refractivity contribution is -0.769. The fraction of sp³-hybridized carbons (Fsp3) is 0.727. The van der Waals surface area contributed by atoms with Crippen molar-refractivity contribution in [1.82, 2.24) is 0 Å². The summed E-state index contributed by atoms with van der Waals surface area (Å²) in [5.74, 6) is 1.14. The van der Waals surface area contributed by atoms with E-state index in [2.05, 4.69) is 40.7 Å². The molecule has 0 bridgehead atoms. The Morgan fingerprint density at radius 1 is 1.36 bits per heavy atom. The van der Waals surface area contributed by atoms with E-state index in [1.165, 1.54) is 0 Å². The van der Waals surface area contributed by atoms with Gasteiger partial charge in [0.15, 0.2) is 0 Å². The quantitative estimate of drug-likeness (QED) is 0.512. The van der Waals surface area contributed by atoms with Crippen LogP contribution in [-0.4, -0.2) is 21.9 Å². The van der Waals surface area contributed by atoms with Crippen molar-refractivity contribution in [1.29, 1.82) is 0 Å². The number of ether oxygens (including phenoxy) is 1. The van der Waals surface area contributed by atoms with Gasteiger partial charge in [-0.3, -0.25) is 0 Å². The highest BCUT2D eigenvalue weighted by atomic mass is 17.0. The molecule has 1 N–H and O–H groups in total. The molecule has 0 radical (unpaired) electrons. The fourth-order valence-corrected chi connectivity index (χ4v) is 5.08. The number of fused-ring (bicyclic) bond motifs is 3. The molecule has 3 rings (SSSR count). The summed E-state index contributed by atoms with van der Waals surface area (Å²) in [5, 5.41) is 21.1. The maximum absolute atomic E-state index is 10.9. The van der Waals surface area contributed by atoms with Gasteiger partial charge in [-0.1, -0.05) is 33.6 Å². The molecule has 0 amide bonds. The van der Waals surface area contributed by atoms with Gasteiger partial charge >= 0.3 is 0 Å². The summed E-state index contributed by atoms with van der Waals surface area (Å²) in [6.45, 7) is 10.7. The molecule has 1 heterocycles. The van der Waals surface area contributed by atoms with Crippen molar-refractivity contribution in [3.63, 3.8) is 0 Å². The number of unbranched alkanes of at least 4 members (excludes halogenated alkanes) is 1. The SMILES string of the molecule is CCCCC(C)(C)c1cc(O)c2c(c1)OC(C)(C)C1CCC(O[N+](=O)[O-])CC21. The average molecular weight is 392 g/mol. The molecular weight excluding hydrogens is 358 g/mol. The molecule has 1 aliphatic heterocycles. The van der Waals surface area contributed by atoms with Crippen LogP contribution in [0.2, 0.25) is 0 Å². The van der Waals surface area contributed by atoms with Gasteiger partial charge in [-0.25, -0.2) is 0 Å². The Labute approximate surface area is 167 Å². The Morgan fingerprint density at radius 3 is 2.71 bits per heavy atom. The first kappa shape index (κ1) is 20.7. The molecule has 0 spiro atoms. The molecule has 1 saturated carbocycles. The molecule has 156 valence electrons. The molecule has 1 aromatic rings. The van der Waals surface area contributed by atoms with E-state index in [9.17, 15) is 15.2 Å². The topological polar surface area (TPSA) is 81.8 Å². The van der Waals surface area contributed by atoms with Gasteiger partial charge in [0.05, 0.1) is 0 Å². The molecule has 0 saturated heterocycles. The van der Waals surface area contributed by atoms with Crippen molar-refractivity contribution in [2.45, 2.75) is 96.2 Å². The Balaban J connectivity index is 1.99. The van der Waals surface area contributed by atoms with Gasteiger partial charge in [0.1, 0.15) is 23.2 Å². The predicted octanol–water partition coefficient (Wildman–Crippen LogP) is 5.49. The van der Waals surface area contributed by atoms with Crippen LogP contribution in [-0.2, 0) is 10.3 Å². The lowest BCUT2D eigenvalue weighted by Gasteiger charge is -2.49. The van der Waals surface area contributed by atoms with Crippen LogP contribution in [0.15, 0.2) is 12.1 Å². The Morgan fingerprint density at radius 2 is 2.07 bits per heavy atom. The molecule has 1 fully saturated rings. The van der Waals surface area contributed by atoms with Gasteiger partial charge in [-0.15, -0.1) is 10.1 Å². The van der Waals surface area contributed by atoms with E-state index in [4.69, 9.17) is 9.57 Å². The third-order valence-electron chi connectivity index (χ3n) is 6.73. The highest BCUT2D eigenvalue weighted by molar-refractivity contribution is 5.53. The highest BCUT2D eigenvalue weighted by Crippen LogP contribution is 2.55. The van der Waals surface area contributed by atoms with Crippen LogP contribution >= 0.6 is 0 Å². The Hall–Kier alpha value is -1.98. The molecule has 0 aromatic heterocycles. The zero-order valence-corrected chi connectivity index (χ0v) is 17.7. The minimum atomic E-state index is -0.699. The molecule has 28 heavy (non-hydrogen) atoms. The molecular formula is C22H33NO5. The molecule has 6 nitrogen and oxygen atoms in total. The lowest BCUT2D eigenvalue weighted by atomic mass is 9.65. The van der Waals surface area contributed by atoms with Crippen LogP contribution in [0.5, 0.6) is 11.5 Å². The summed E-state index contributed by atoms with van der Waals surface area (Å²) in [6.07, 6.45) is 4.80. The van der Waals surface area contributed by atoms with Crippen molar-refractivity contribution in [3.05, 3.63) is 33.4 Å². The molecule has 1 aromatic carbocycles. The summed E-state index contributed by atoms with van der Waals surface area (Å²) >= 11 is 0. The van der Waals surface area contributed by atoms with E-state index < -0.39 is 16.8 Å². The van der Waals surface area contributed by atoms with Gasteiger partial charge < -0.3 is 14.7 Å². The number of phenolic OH excluding ortho intramolecular Hbond substituents is 1. The van der Waals surface area contributed by atoms with Crippen molar-refractivity contribution >= 4 is 0 Å². The second-order valence-electron chi connectivity index (χ2n) is 9.58. The van der Waals surface area contributed by atoms with E-state index in [0.29, 0.717) is 18.6 Å². The van der Waals surface area contributed by atoms with Crippen molar-refractivity contribution < 1.29 is 19.8 Å². The summed E-state index contributed by atoms with van der Waals surface area (Å²) in [7, 11) is 0. The van der Waals surface area contributed by atoms with Gasteiger partial charge in [-0.05, 0) is 68.6 Å². The monoisotopic (exact) mass is 391 g/mol.